The van der Waals surface area contributed by atoms with E-state index in [1.807, 2.05) is 18.2 Å². The maximum absolute atomic E-state index is 12.7. The van der Waals surface area contributed by atoms with E-state index in [1.165, 1.54) is 37.7 Å². The van der Waals surface area contributed by atoms with Gasteiger partial charge in [0.05, 0.1) is 10.6 Å². The third kappa shape index (κ3) is 5.81. The second-order valence-electron chi connectivity index (χ2n) is 7.96. The predicted octanol–water partition coefficient (Wildman–Crippen LogP) is 6.77. The lowest BCUT2D eigenvalue weighted by Gasteiger charge is -2.22. The molecule has 3 aromatic rings. The standard InChI is InChI=1S/C25H26ClNO3S/c26-22-9-5-10-23(17-22)27-31(28,29)25-11-4-6-19(16-25)18-30-24-14-12-21(13-15-24)20-7-2-1-3-8-20/h4-6,9-17,20,27H,1-3,7-8,18H2. The van der Waals surface area contributed by atoms with Crippen LogP contribution < -0.4 is 9.46 Å². The molecule has 1 N–H and O–H groups in total. The molecule has 4 rings (SSSR count). The third-order valence-corrected chi connectivity index (χ3v) is 7.26. The van der Waals surface area contributed by atoms with Crippen molar-refractivity contribution in [3.63, 3.8) is 0 Å². The van der Waals surface area contributed by atoms with Crippen molar-refractivity contribution in [1.29, 1.82) is 0 Å². The van der Waals surface area contributed by atoms with E-state index in [0.29, 0.717) is 23.2 Å². The van der Waals surface area contributed by atoms with E-state index >= 15 is 0 Å². The predicted molar refractivity (Wildman–Crippen MR) is 125 cm³/mol. The highest BCUT2D eigenvalue weighted by atomic mass is 35.5. The quantitative estimate of drug-likeness (QED) is 0.427. The first kappa shape index (κ1) is 21.7. The Morgan fingerprint density at radius 2 is 1.65 bits per heavy atom. The summed E-state index contributed by atoms with van der Waals surface area (Å²) in [6.07, 6.45) is 6.51. The molecule has 0 aliphatic heterocycles. The van der Waals surface area contributed by atoms with Gasteiger partial charge >= 0.3 is 0 Å². The lowest BCUT2D eigenvalue weighted by atomic mass is 9.84. The number of sulfonamides is 1. The smallest absolute Gasteiger partial charge is 0.261 e. The molecular formula is C25H26ClNO3S. The van der Waals surface area contributed by atoms with Gasteiger partial charge in [0, 0.05) is 5.02 Å². The molecule has 0 spiro atoms. The molecule has 1 aliphatic carbocycles. The van der Waals surface area contributed by atoms with Gasteiger partial charge in [0.25, 0.3) is 10.0 Å². The molecule has 6 heteroatoms. The molecule has 162 valence electrons. The summed E-state index contributed by atoms with van der Waals surface area (Å²) in [5, 5.41) is 0.469. The van der Waals surface area contributed by atoms with E-state index < -0.39 is 10.0 Å². The Kier molecular flexibility index (Phi) is 6.83. The van der Waals surface area contributed by atoms with E-state index in [1.54, 1.807) is 42.5 Å². The van der Waals surface area contributed by atoms with Crippen molar-refractivity contribution in [3.8, 4) is 5.75 Å². The van der Waals surface area contributed by atoms with Gasteiger partial charge in [-0.3, -0.25) is 4.72 Å². The molecule has 3 aromatic carbocycles. The summed E-state index contributed by atoms with van der Waals surface area (Å²) in [4.78, 5) is 0.182. The summed E-state index contributed by atoms with van der Waals surface area (Å²) >= 11 is 5.95. The van der Waals surface area contributed by atoms with Gasteiger partial charge in [-0.15, -0.1) is 0 Å². The summed E-state index contributed by atoms with van der Waals surface area (Å²) in [7, 11) is -3.72. The summed E-state index contributed by atoms with van der Waals surface area (Å²) < 4.78 is 33.9. The normalized spacial score (nSPS) is 14.9. The van der Waals surface area contributed by atoms with Crippen LogP contribution >= 0.6 is 11.6 Å². The Labute approximate surface area is 189 Å². The molecular weight excluding hydrogens is 430 g/mol. The molecule has 0 saturated heterocycles. The van der Waals surface area contributed by atoms with Gasteiger partial charge in [-0.1, -0.05) is 61.2 Å². The maximum atomic E-state index is 12.7. The minimum absolute atomic E-state index is 0.182. The largest absolute Gasteiger partial charge is 0.489 e. The number of nitrogens with one attached hydrogen (secondary N) is 1. The fourth-order valence-electron chi connectivity index (χ4n) is 4.01. The van der Waals surface area contributed by atoms with Crippen LogP contribution in [0.15, 0.2) is 77.7 Å². The van der Waals surface area contributed by atoms with Gasteiger partial charge in [0.2, 0.25) is 0 Å². The van der Waals surface area contributed by atoms with E-state index in [0.717, 1.165) is 11.3 Å². The molecule has 1 fully saturated rings. The monoisotopic (exact) mass is 455 g/mol. The minimum Gasteiger partial charge on any atom is -0.489 e. The average molecular weight is 456 g/mol. The zero-order chi connectivity index (χ0) is 21.7. The second-order valence-corrected chi connectivity index (χ2v) is 10.1. The SMILES string of the molecule is O=S(=O)(Nc1cccc(Cl)c1)c1cccc(COc2ccc(C3CCCCC3)cc2)c1. The van der Waals surface area contributed by atoms with Crippen LogP contribution in [0.1, 0.15) is 49.1 Å². The van der Waals surface area contributed by atoms with Crippen LogP contribution in [0.4, 0.5) is 5.69 Å². The molecule has 4 nitrogen and oxygen atoms in total. The molecule has 0 heterocycles. The van der Waals surface area contributed by atoms with Crippen LogP contribution in [0.3, 0.4) is 0 Å². The minimum atomic E-state index is -3.72. The van der Waals surface area contributed by atoms with Crippen LogP contribution in [0.25, 0.3) is 0 Å². The molecule has 0 amide bonds. The van der Waals surface area contributed by atoms with Gasteiger partial charge in [-0.25, -0.2) is 8.42 Å². The lowest BCUT2D eigenvalue weighted by molar-refractivity contribution is 0.305. The summed E-state index contributed by atoms with van der Waals surface area (Å²) in [6.45, 7) is 0.295. The summed E-state index contributed by atoms with van der Waals surface area (Å²) in [6, 6.07) is 21.7. The van der Waals surface area contributed by atoms with Gasteiger partial charge < -0.3 is 4.74 Å². The first-order valence-corrected chi connectivity index (χ1v) is 12.5. The zero-order valence-electron chi connectivity index (χ0n) is 17.3. The Hall–Kier alpha value is -2.50. The molecule has 31 heavy (non-hydrogen) atoms. The molecule has 1 aliphatic rings. The van der Waals surface area contributed by atoms with Gasteiger partial charge in [-0.2, -0.15) is 0 Å². The Morgan fingerprint density at radius 1 is 0.903 bits per heavy atom. The first-order valence-electron chi connectivity index (χ1n) is 10.6. The van der Waals surface area contributed by atoms with E-state index in [9.17, 15) is 8.42 Å². The lowest BCUT2D eigenvalue weighted by Crippen LogP contribution is -2.13. The van der Waals surface area contributed by atoms with Crippen molar-refractivity contribution in [2.75, 3.05) is 4.72 Å². The Morgan fingerprint density at radius 3 is 2.39 bits per heavy atom. The fraction of sp³-hybridized carbons (Fsp3) is 0.280. The highest BCUT2D eigenvalue weighted by molar-refractivity contribution is 7.92. The molecule has 0 aromatic heterocycles. The number of rotatable bonds is 7. The number of hydrogen-bond donors (Lipinski definition) is 1. The molecule has 0 bridgehead atoms. The highest BCUT2D eigenvalue weighted by Crippen LogP contribution is 2.33. The Balaban J connectivity index is 1.40. The third-order valence-electron chi connectivity index (χ3n) is 5.65. The van der Waals surface area contributed by atoms with Crippen LogP contribution in [0.2, 0.25) is 5.02 Å². The van der Waals surface area contributed by atoms with E-state index in [2.05, 4.69) is 16.9 Å². The number of benzene rings is 3. The number of ether oxygens (including phenoxy) is 1. The first-order chi connectivity index (χ1) is 15.0. The number of hydrogen-bond acceptors (Lipinski definition) is 3. The summed E-state index contributed by atoms with van der Waals surface area (Å²) in [5.41, 5.74) is 2.59. The molecule has 1 saturated carbocycles. The van der Waals surface area contributed by atoms with Crippen molar-refractivity contribution in [3.05, 3.63) is 88.9 Å². The van der Waals surface area contributed by atoms with Crippen molar-refractivity contribution in [1.82, 2.24) is 0 Å². The number of anilines is 1. The number of halogens is 1. The second kappa shape index (κ2) is 9.75. The van der Waals surface area contributed by atoms with E-state index in [-0.39, 0.29) is 4.90 Å². The molecule has 0 atom stereocenters. The molecule has 0 unspecified atom stereocenters. The topological polar surface area (TPSA) is 55.4 Å². The van der Waals surface area contributed by atoms with Crippen LogP contribution in [-0.4, -0.2) is 8.42 Å². The average Bonchev–Trinajstić information content (AvgIpc) is 2.79. The van der Waals surface area contributed by atoms with Crippen molar-refractivity contribution >= 4 is 27.3 Å². The van der Waals surface area contributed by atoms with E-state index in [4.69, 9.17) is 16.3 Å². The zero-order valence-corrected chi connectivity index (χ0v) is 18.8. The maximum Gasteiger partial charge on any atom is 0.261 e. The molecule has 0 radical (unpaired) electrons. The van der Waals surface area contributed by atoms with Gasteiger partial charge in [0.15, 0.2) is 0 Å². The Bertz CT molecular complexity index is 1120. The van der Waals surface area contributed by atoms with Crippen molar-refractivity contribution in [2.24, 2.45) is 0 Å². The van der Waals surface area contributed by atoms with Crippen molar-refractivity contribution in [2.45, 2.75) is 49.5 Å². The van der Waals surface area contributed by atoms with Crippen LogP contribution in [-0.2, 0) is 16.6 Å². The van der Waals surface area contributed by atoms with Gasteiger partial charge in [-0.05, 0) is 72.4 Å². The van der Waals surface area contributed by atoms with Gasteiger partial charge in [0.1, 0.15) is 12.4 Å². The summed E-state index contributed by atoms with van der Waals surface area (Å²) in [5.74, 6) is 1.45. The highest BCUT2D eigenvalue weighted by Gasteiger charge is 2.16. The van der Waals surface area contributed by atoms with Crippen LogP contribution in [0.5, 0.6) is 5.75 Å². The fourth-order valence-corrected chi connectivity index (χ4v) is 5.32. The van der Waals surface area contributed by atoms with Crippen LogP contribution in [0, 0.1) is 0 Å². The van der Waals surface area contributed by atoms with Crippen molar-refractivity contribution < 1.29 is 13.2 Å².